The molecule has 16 heavy (non-hydrogen) atoms. The molecule has 1 atom stereocenters. The average Bonchev–Trinajstić information content (AvgIpc) is 2.42. The van der Waals surface area contributed by atoms with Crippen LogP contribution in [0, 0.1) is 0 Å². The zero-order chi connectivity index (χ0) is 12.3. The van der Waals surface area contributed by atoms with E-state index in [-0.39, 0.29) is 6.54 Å². The lowest BCUT2D eigenvalue weighted by Gasteiger charge is -2.15. The summed E-state index contributed by atoms with van der Waals surface area (Å²) in [4.78, 5) is 3.97. The first-order valence-corrected chi connectivity index (χ1v) is 5.13. The Hall–Kier alpha value is -0.750. The lowest BCUT2D eigenvalue weighted by Crippen LogP contribution is -2.31. The van der Waals surface area contributed by atoms with Gasteiger partial charge in [0.25, 0.3) is 0 Å². The molecule has 0 aromatic carbocycles. The van der Waals surface area contributed by atoms with Crippen molar-refractivity contribution in [2.75, 3.05) is 0 Å². The fourth-order valence-electron chi connectivity index (χ4n) is 1.27. The molecule has 0 saturated carbocycles. The van der Waals surface area contributed by atoms with Gasteiger partial charge in [-0.1, -0.05) is 11.6 Å². The van der Waals surface area contributed by atoms with Gasteiger partial charge in [-0.25, -0.2) is 4.98 Å². The predicted octanol–water partition coefficient (Wildman–Crippen LogP) is 2.50. The van der Waals surface area contributed by atoms with E-state index in [9.17, 15) is 13.2 Å². The lowest BCUT2D eigenvalue weighted by molar-refractivity contribution is -0.139. The first-order valence-electron chi connectivity index (χ1n) is 4.76. The van der Waals surface area contributed by atoms with E-state index in [1.54, 1.807) is 11.6 Å². The molecule has 0 bridgehead atoms. The summed E-state index contributed by atoms with van der Waals surface area (Å²) in [5, 5.41) is 3.21. The number of hydrogen-bond acceptors (Lipinski definition) is 2. The van der Waals surface area contributed by atoms with Crippen LogP contribution in [0.5, 0.6) is 0 Å². The summed E-state index contributed by atoms with van der Waals surface area (Å²) in [7, 11) is 1.71. The molecule has 1 heterocycles. The van der Waals surface area contributed by atoms with Gasteiger partial charge in [-0.05, 0) is 6.92 Å². The predicted molar refractivity (Wildman–Crippen MR) is 55.2 cm³/mol. The van der Waals surface area contributed by atoms with Gasteiger partial charge in [-0.15, -0.1) is 0 Å². The van der Waals surface area contributed by atoms with E-state index in [0.717, 1.165) is 0 Å². The zero-order valence-corrected chi connectivity index (χ0v) is 9.73. The fraction of sp³-hybridized carbons (Fsp3) is 0.667. The number of hydrogen-bond donors (Lipinski definition) is 1. The first kappa shape index (κ1) is 13.3. The molecule has 0 aliphatic rings. The molecule has 0 saturated heterocycles. The van der Waals surface area contributed by atoms with Crippen molar-refractivity contribution in [2.24, 2.45) is 7.05 Å². The molecule has 7 heteroatoms. The minimum absolute atomic E-state index is 0.264. The zero-order valence-electron chi connectivity index (χ0n) is 8.98. The standard InChI is InChI=1S/C9H13ClF3N3/c1-6(3-9(11,12)13)14-5-8-15-4-7(10)16(8)2/h4,6,14H,3,5H2,1-2H3. The smallest absolute Gasteiger partial charge is 0.321 e. The van der Waals surface area contributed by atoms with Gasteiger partial charge in [0.15, 0.2) is 0 Å². The van der Waals surface area contributed by atoms with E-state index >= 15 is 0 Å². The van der Waals surface area contributed by atoms with Crippen LogP contribution in [0.15, 0.2) is 6.20 Å². The van der Waals surface area contributed by atoms with Crippen molar-refractivity contribution in [2.45, 2.75) is 32.1 Å². The topological polar surface area (TPSA) is 29.9 Å². The quantitative estimate of drug-likeness (QED) is 0.896. The second kappa shape index (κ2) is 5.05. The highest BCUT2D eigenvalue weighted by Crippen LogP contribution is 2.21. The molecule has 0 aliphatic carbocycles. The number of alkyl halides is 3. The molecule has 0 fully saturated rings. The van der Waals surface area contributed by atoms with Crippen LogP contribution in [-0.4, -0.2) is 21.8 Å². The second-order valence-electron chi connectivity index (χ2n) is 3.66. The fourth-order valence-corrected chi connectivity index (χ4v) is 1.42. The number of nitrogens with one attached hydrogen (secondary N) is 1. The summed E-state index contributed by atoms with van der Waals surface area (Å²) in [6, 6.07) is -0.643. The van der Waals surface area contributed by atoms with E-state index < -0.39 is 18.6 Å². The molecule has 1 unspecified atom stereocenters. The number of rotatable bonds is 4. The normalized spacial score (nSPS) is 14.1. The maximum absolute atomic E-state index is 12.0. The van der Waals surface area contributed by atoms with Crippen molar-refractivity contribution in [3.63, 3.8) is 0 Å². The molecule has 0 aliphatic heterocycles. The number of nitrogens with zero attached hydrogens (tertiary/aromatic N) is 2. The summed E-state index contributed by atoms with van der Waals surface area (Å²) in [5.41, 5.74) is 0. The molecule has 0 amide bonds. The van der Waals surface area contributed by atoms with Crippen LogP contribution in [-0.2, 0) is 13.6 Å². The maximum atomic E-state index is 12.0. The molecule has 1 N–H and O–H groups in total. The van der Waals surface area contributed by atoms with Gasteiger partial charge in [0.05, 0.1) is 19.2 Å². The Morgan fingerprint density at radius 3 is 2.62 bits per heavy atom. The Bertz CT molecular complexity index is 348. The SMILES string of the molecule is CC(CC(F)(F)F)NCc1ncc(Cl)n1C. The van der Waals surface area contributed by atoms with Crippen LogP contribution >= 0.6 is 11.6 Å². The summed E-state index contributed by atoms with van der Waals surface area (Å²) in [5.74, 6) is 0.610. The minimum atomic E-state index is -4.15. The molecular formula is C9H13ClF3N3. The molecule has 92 valence electrons. The van der Waals surface area contributed by atoms with Gasteiger partial charge in [0.2, 0.25) is 0 Å². The van der Waals surface area contributed by atoms with Gasteiger partial charge < -0.3 is 9.88 Å². The van der Waals surface area contributed by atoms with E-state index in [0.29, 0.717) is 11.0 Å². The van der Waals surface area contributed by atoms with Gasteiger partial charge >= 0.3 is 6.18 Å². The van der Waals surface area contributed by atoms with Crippen LogP contribution in [0.1, 0.15) is 19.2 Å². The monoisotopic (exact) mass is 255 g/mol. The van der Waals surface area contributed by atoms with Crippen molar-refractivity contribution >= 4 is 11.6 Å². The highest BCUT2D eigenvalue weighted by atomic mass is 35.5. The van der Waals surface area contributed by atoms with Crippen molar-refractivity contribution in [1.82, 2.24) is 14.9 Å². The average molecular weight is 256 g/mol. The summed E-state index contributed by atoms with van der Waals surface area (Å²) in [6.07, 6.45) is -3.54. The van der Waals surface area contributed by atoms with E-state index in [4.69, 9.17) is 11.6 Å². The minimum Gasteiger partial charge on any atom is -0.321 e. The number of halogens is 4. The van der Waals surface area contributed by atoms with Crippen molar-refractivity contribution in [1.29, 1.82) is 0 Å². The molecule has 1 rings (SSSR count). The first-order chi connectivity index (χ1) is 7.29. The van der Waals surface area contributed by atoms with Crippen molar-refractivity contribution < 1.29 is 13.2 Å². The Balaban J connectivity index is 2.43. The van der Waals surface area contributed by atoms with Crippen LogP contribution in [0.3, 0.4) is 0 Å². The maximum Gasteiger partial charge on any atom is 0.390 e. The molecule has 1 aromatic heterocycles. The Morgan fingerprint density at radius 1 is 1.56 bits per heavy atom. The molecule has 0 radical (unpaired) electrons. The second-order valence-corrected chi connectivity index (χ2v) is 4.04. The van der Waals surface area contributed by atoms with E-state index in [2.05, 4.69) is 10.3 Å². The Kier molecular flexibility index (Phi) is 4.21. The van der Waals surface area contributed by atoms with Crippen LogP contribution in [0.4, 0.5) is 13.2 Å². The van der Waals surface area contributed by atoms with Crippen LogP contribution in [0.25, 0.3) is 0 Å². The van der Waals surface area contributed by atoms with Crippen molar-refractivity contribution in [3.8, 4) is 0 Å². The third-order valence-corrected chi connectivity index (χ3v) is 2.53. The third-order valence-electron chi connectivity index (χ3n) is 2.17. The summed E-state index contributed by atoms with van der Waals surface area (Å²) >= 11 is 5.74. The summed E-state index contributed by atoms with van der Waals surface area (Å²) in [6.45, 7) is 1.75. The van der Waals surface area contributed by atoms with E-state index in [1.807, 2.05) is 0 Å². The number of aromatic nitrogens is 2. The molecule has 0 spiro atoms. The van der Waals surface area contributed by atoms with Gasteiger partial charge in [0.1, 0.15) is 11.0 Å². The third kappa shape index (κ3) is 4.02. The Morgan fingerprint density at radius 2 is 2.19 bits per heavy atom. The van der Waals surface area contributed by atoms with Gasteiger partial charge in [-0.2, -0.15) is 13.2 Å². The van der Waals surface area contributed by atoms with Gasteiger partial charge in [0, 0.05) is 13.1 Å². The number of imidazole rings is 1. The Labute approximate surface area is 96.6 Å². The van der Waals surface area contributed by atoms with Crippen LogP contribution < -0.4 is 5.32 Å². The molecular weight excluding hydrogens is 243 g/mol. The van der Waals surface area contributed by atoms with E-state index in [1.165, 1.54) is 13.1 Å². The molecule has 3 nitrogen and oxygen atoms in total. The highest BCUT2D eigenvalue weighted by molar-refractivity contribution is 6.29. The summed E-state index contributed by atoms with van der Waals surface area (Å²) < 4.78 is 37.7. The van der Waals surface area contributed by atoms with Crippen LogP contribution in [0.2, 0.25) is 5.15 Å². The van der Waals surface area contributed by atoms with Gasteiger partial charge in [-0.3, -0.25) is 0 Å². The van der Waals surface area contributed by atoms with Crippen molar-refractivity contribution in [3.05, 3.63) is 17.2 Å². The molecule has 1 aromatic rings. The lowest BCUT2D eigenvalue weighted by atomic mass is 10.2. The highest BCUT2D eigenvalue weighted by Gasteiger charge is 2.29. The largest absolute Gasteiger partial charge is 0.390 e.